The average Bonchev–Trinajstić information content (AvgIpc) is 2.71. The van der Waals surface area contributed by atoms with Crippen LogP contribution in [0.2, 0.25) is 0 Å². The molecule has 1 N–H and O–H groups in total. The van der Waals surface area contributed by atoms with Gasteiger partial charge in [0.15, 0.2) is 0 Å². The van der Waals surface area contributed by atoms with Crippen molar-refractivity contribution in [3.8, 4) is 0 Å². The Bertz CT molecular complexity index is 534. The van der Waals surface area contributed by atoms with Gasteiger partial charge in [-0.1, -0.05) is 24.3 Å². The first-order valence-electron chi connectivity index (χ1n) is 6.75. The lowest BCUT2D eigenvalue weighted by molar-refractivity contribution is 0.548. The molecule has 0 amide bonds. The van der Waals surface area contributed by atoms with Crippen molar-refractivity contribution in [1.29, 1.82) is 0 Å². The molecule has 2 aromatic rings. The third-order valence-electron chi connectivity index (χ3n) is 3.93. The van der Waals surface area contributed by atoms with E-state index in [1.807, 2.05) is 0 Å². The first-order chi connectivity index (χ1) is 8.75. The molecule has 0 saturated heterocycles. The molecule has 0 radical (unpaired) electrons. The topological polar surface area (TPSA) is 17.0 Å². The van der Waals surface area contributed by atoms with E-state index in [0.717, 1.165) is 0 Å². The van der Waals surface area contributed by atoms with Gasteiger partial charge in [-0.3, -0.25) is 4.68 Å². The number of hydrogen-bond acceptors (Lipinski definition) is 1. The second-order valence-corrected chi connectivity index (χ2v) is 5.22. The average molecular weight is 240 g/mol. The molecule has 18 heavy (non-hydrogen) atoms. The lowest BCUT2D eigenvalue weighted by Gasteiger charge is -2.28. The molecular weight excluding hydrogens is 220 g/mol. The number of rotatable bonds is 2. The zero-order chi connectivity index (χ0) is 12.5. The van der Waals surface area contributed by atoms with Crippen LogP contribution in [-0.4, -0.2) is 4.68 Å². The van der Waals surface area contributed by atoms with Crippen molar-refractivity contribution < 1.29 is 0 Å². The second kappa shape index (κ2) is 4.52. The summed E-state index contributed by atoms with van der Waals surface area (Å²) in [5.41, 5.74) is 9.19. The number of hydrogen-bond donors (Lipinski definition) is 1. The highest BCUT2D eigenvalue weighted by Gasteiger charge is 2.20. The summed E-state index contributed by atoms with van der Waals surface area (Å²) in [5.74, 6) is 0. The SMILES string of the molecule is Cc1ccc(C)n1NC1CCCc2ccccc21. The summed E-state index contributed by atoms with van der Waals surface area (Å²) in [4.78, 5) is 0. The summed E-state index contributed by atoms with van der Waals surface area (Å²) in [6.07, 6.45) is 3.71. The molecule has 1 aromatic heterocycles. The van der Waals surface area contributed by atoms with Crippen LogP contribution in [-0.2, 0) is 6.42 Å². The molecule has 1 heterocycles. The molecule has 1 aliphatic rings. The molecule has 3 rings (SSSR count). The molecule has 0 aliphatic heterocycles. The minimum absolute atomic E-state index is 0.444. The summed E-state index contributed by atoms with van der Waals surface area (Å²) >= 11 is 0. The molecule has 0 fully saturated rings. The van der Waals surface area contributed by atoms with Crippen molar-refractivity contribution in [1.82, 2.24) is 4.68 Å². The van der Waals surface area contributed by atoms with E-state index in [9.17, 15) is 0 Å². The third kappa shape index (κ3) is 1.92. The second-order valence-electron chi connectivity index (χ2n) is 5.22. The van der Waals surface area contributed by atoms with Gasteiger partial charge in [0, 0.05) is 11.4 Å². The Kier molecular flexibility index (Phi) is 2.86. The van der Waals surface area contributed by atoms with Crippen LogP contribution >= 0.6 is 0 Å². The van der Waals surface area contributed by atoms with Gasteiger partial charge in [0.1, 0.15) is 0 Å². The maximum Gasteiger partial charge on any atom is 0.0676 e. The molecule has 2 heteroatoms. The predicted molar refractivity (Wildman–Crippen MR) is 75.4 cm³/mol. The highest BCUT2D eigenvalue weighted by Crippen LogP contribution is 2.30. The van der Waals surface area contributed by atoms with Crippen molar-refractivity contribution in [3.63, 3.8) is 0 Å². The van der Waals surface area contributed by atoms with Crippen LogP contribution in [0.1, 0.15) is 41.4 Å². The molecule has 1 atom stereocenters. The van der Waals surface area contributed by atoms with Crippen LogP contribution in [0.4, 0.5) is 0 Å². The minimum atomic E-state index is 0.444. The summed E-state index contributed by atoms with van der Waals surface area (Å²) in [6, 6.07) is 13.6. The van der Waals surface area contributed by atoms with Gasteiger partial charge in [-0.05, 0) is 56.4 Å². The first-order valence-corrected chi connectivity index (χ1v) is 6.75. The van der Waals surface area contributed by atoms with Crippen molar-refractivity contribution in [3.05, 3.63) is 58.9 Å². The maximum absolute atomic E-state index is 3.67. The van der Waals surface area contributed by atoms with Gasteiger partial charge in [-0.2, -0.15) is 0 Å². The van der Waals surface area contributed by atoms with Crippen LogP contribution in [0.5, 0.6) is 0 Å². The van der Waals surface area contributed by atoms with Crippen molar-refractivity contribution in [2.45, 2.75) is 39.2 Å². The van der Waals surface area contributed by atoms with Crippen LogP contribution < -0.4 is 5.43 Å². The van der Waals surface area contributed by atoms with E-state index >= 15 is 0 Å². The Balaban J connectivity index is 1.91. The summed E-state index contributed by atoms with van der Waals surface area (Å²) < 4.78 is 2.22. The van der Waals surface area contributed by atoms with E-state index in [-0.39, 0.29) is 0 Å². The predicted octanol–water partition coefficient (Wildman–Crippen LogP) is 3.73. The van der Waals surface area contributed by atoms with Crippen LogP contribution in [0.3, 0.4) is 0 Å². The smallest absolute Gasteiger partial charge is 0.0676 e. The zero-order valence-corrected chi connectivity index (χ0v) is 11.1. The van der Waals surface area contributed by atoms with Gasteiger partial charge in [-0.25, -0.2) is 0 Å². The standard InChI is InChI=1S/C16H20N2/c1-12-10-11-13(2)18(12)17-16-9-5-7-14-6-3-4-8-15(14)16/h3-4,6,8,10-11,16-17H,5,7,9H2,1-2H3. The van der Waals surface area contributed by atoms with E-state index in [1.165, 1.54) is 41.8 Å². The number of aromatic nitrogens is 1. The fourth-order valence-electron chi connectivity index (χ4n) is 2.92. The summed E-state index contributed by atoms with van der Waals surface area (Å²) in [7, 11) is 0. The molecule has 0 bridgehead atoms. The molecule has 1 unspecified atom stereocenters. The molecule has 1 aromatic carbocycles. The lowest BCUT2D eigenvalue weighted by atomic mass is 9.88. The lowest BCUT2D eigenvalue weighted by Crippen LogP contribution is -2.26. The quantitative estimate of drug-likeness (QED) is 0.846. The van der Waals surface area contributed by atoms with Crippen molar-refractivity contribution in [2.75, 3.05) is 5.43 Å². The molecule has 2 nitrogen and oxygen atoms in total. The number of fused-ring (bicyclic) bond motifs is 1. The Morgan fingerprint density at radius 1 is 1.06 bits per heavy atom. The highest BCUT2D eigenvalue weighted by atomic mass is 15.4. The van der Waals surface area contributed by atoms with Gasteiger partial charge < -0.3 is 5.43 Å². The molecule has 1 aliphatic carbocycles. The molecule has 0 saturated carbocycles. The van der Waals surface area contributed by atoms with Gasteiger partial charge in [0.2, 0.25) is 0 Å². The minimum Gasteiger partial charge on any atom is -0.318 e. The Morgan fingerprint density at radius 2 is 1.78 bits per heavy atom. The van der Waals surface area contributed by atoms with E-state index < -0.39 is 0 Å². The third-order valence-corrected chi connectivity index (χ3v) is 3.93. The summed E-state index contributed by atoms with van der Waals surface area (Å²) in [6.45, 7) is 4.30. The summed E-state index contributed by atoms with van der Waals surface area (Å²) in [5, 5.41) is 0. The van der Waals surface area contributed by atoms with E-state index in [2.05, 4.69) is 60.3 Å². The van der Waals surface area contributed by atoms with Crippen LogP contribution in [0.15, 0.2) is 36.4 Å². The molecular formula is C16H20N2. The monoisotopic (exact) mass is 240 g/mol. The number of aryl methyl sites for hydroxylation is 3. The van der Waals surface area contributed by atoms with Gasteiger partial charge in [0.25, 0.3) is 0 Å². The Labute approximate surface area is 109 Å². The van der Waals surface area contributed by atoms with Gasteiger partial charge in [-0.15, -0.1) is 0 Å². The number of benzene rings is 1. The molecule has 94 valence electrons. The number of nitrogens with zero attached hydrogens (tertiary/aromatic N) is 1. The van der Waals surface area contributed by atoms with Crippen molar-refractivity contribution >= 4 is 0 Å². The fourth-order valence-corrected chi connectivity index (χ4v) is 2.92. The van der Waals surface area contributed by atoms with E-state index in [0.29, 0.717) is 6.04 Å². The van der Waals surface area contributed by atoms with E-state index in [4.69, 9.17) is 0 Å². The van der Waals surface area contributed by atoms with E-state index in [1.54, 1.807) is 0 Å². The normalized spacial score (nSPS) is 18.4. The number of nitrogens with one attached hydrogen (secondary N) is 1. The maximum atomic E-state index is 3.67. The zero-order valence-electron chi connectivity index (χ0n) is 11.1. The first kappa shape index (κ1) is 11.4. The van der Waals surface area contributed by atoms with Crippen LogP contribution in [0, 0.1) is 13.8 Å². The molecule has 0 spiro atoms. The largest absolute Gasteiger partial charge is 0.318 e. The van der Waals surface area contributed by atoms with Crippen LogP contribution in [0.25, 0.3) is 0 Å². The Hall–Kier alpha value is -1.70. The van der Waals surface area contributed by atoms with Crippen molar-refractivity contribution in [2.24, 2.45) is 0 Å². The fraction of sp³-hybridized carbons (Fsp3) is 0.375. The Morgan fingerprint density at radius 3 is 2.56 bits per heavy atom. The van der Waals surface area contributed by atoms with Gasteiger partial charge >= 0.3 is 0 Å². The van der Waals surface area contributed by atoms with Gasteiger partial charge in [0.05, 0.1) is 6.04 Å². The highest BCUT2D eigenvalue weighted by molar-refractivity contribution is 5.34.